The summed E-state index contributed by atoms with van der Waals surface area (Å²) >= 11 is 0. The first kappa shape index (κ1) is 11.1. The molecule has 2 aliphatic carbocycles. The van der Waals surface area contributed by atoms with Gasteiger partial charge in [0.15, 0.2) is 0 Å². The second kappa shape index (κ2) is 5.09. The van der Waals surface area contributed by atoms with Gasteiger partial charge in [0.25, 0.3) is 0 Å². The van der Waals surface area contributed by atoms with Crippen molar-refractivity contribution >= 4 is 0 Å². The fraction of sp³-hybridized carbons (Fsp3) is 0.600. The summed E-state index contributed by atoms with van der Waals surface area (Å²) < 4.78 is 5.73. The molecule has 0 aliphatic heterocycles. The highest BCUT2D eigenvalue weighted by molar-refractivity contribution is 5.27. The zero-order valence-electron chi connectivity index (χ0n) is 10.3. The smallest absolute Gasteiger partial charge is 0.119 e. The number of aryl methyl sites for hydroxylation is 1. The van der Waals surface area contributed by atoms with Gasteiger partial charge in [-0.3, -0.25) is 0 Å². The van der Waals surface area contributed by atoms with Crippen LogP contribution in [-0.4, -0.2) is 18.7 Å². The highest BCUT2D eigenvalue weighted by atomic mass is 16.5. The highest BCUT2D eigenvalue weighted by Crippen LogP contribution is 2.26. The molecule has 1 aromatic carbocycles. The van der Waals surface area contributed by atoms with Gasteiger partial charge in [-0.15, -0.1) is 0 Å². The number of rotatable bonds is 7. The van der Waals surface area contributed by atoms with E-state index in [1.54, 1.807) is 0 Å². The van der Waals surface area contributed by atoms with Crippen molar-refractivity contribution in [2.24, 2.45) is 0 Å². The first-order valence-corrected chi connectivity index (χ1v) is 6.89. The van der Waals surface area contributed by atoms with Gasteiger partial charge in [-0.25, -0.2) is 0 Å². The lowest BCUT2D eigenvalue weighted by molar-refractivity contribution is 0.303. The molecule has 2 heteroatoms. The Hall–Kier alpha value is -1.02. The average molecular weight is 231 g/mol. The molecule has 0 spiro atoms. The molecule has 2 fully saturated rings. The lowest BCUT2D eigenvalue weighted by Gasteiger charge is -2.06. The minimum Gasteiger partial charge on any atom is -0.490 e. The Labute approximate surface area is 103 Å². The van der Waals surface area contributed by atoms with E-state index in [0.717, 1.165) is 18.3 Å². The van der Waals surface area contributed by atoms with Crippen molar-refractivity contribution in [3.63, 3.8) is 0 Å². The van der Waals surface area contributed by atoms with E-state index in [9.17, 15) is 0 Å². The molecule has 0 aromatic heterocycles. The van der Waals surface area contributed by atoms with E-state index < -0.39 is 0 Å². The van der Waals surface area contributed by atoms with E-state index in [-0.39, 0.29) is 0 Å². The molecule has 0 bridgehead atoms. The number of benzene rings is 1. The van der Waals surface area contributed by atoms with Gasteiger partial charge in [-0.2, -0.15) is 0 Å². The summed E-state index contributed by atoms with van der Waals surface area (Å²) in [4.78, 5) is 0. The Balaban J connectivity index is 1.39. The van der Waals surface area contributed by atoms with Crippen molar-refractivity contribution in [1.29, 1.82) is 0 Å². The van der Waals surface area contributed by atoms with Crippen molar-refractivity contribution in [2.45, 2.75) is 50.7 Å². The number of hydrogen-bond acceptors (Lipinski definition) is 2. The Morgan fingerprint density at radius 1 is 1.06 bits per heavy atom. The van der Waals surface area contributed by atoms with E-state index in [2.05, 4.69) is 29.6 Å². The molecule has 3 rings (SSSR count). The zero-order chi connectivity index (χ0) is 11.5. The van der Waals surface area contributed by atoms with Crippen LogP contribution < -0.4 is 10.1 Å². The van der Waals surface area contributed by atoms with E-state index in [4.69, 9.17) is 4.74 Å². The molecular formula is C15H21NO. The normalized spacial score (nSPS) is 19.3. The maximum atomic E-state index is 5.73. The second-order valence-corrected chi connectivity index (χ2v) is 5.29. The summed E-state index contributed by atoms with van der Waals surface area (Å²) in [6, 6.07) is 9.47. The van der Waals surface area contributed by atoms with Gasteiger partial charge in [0, 0.05) is 6.04 Å². The van der Waals surface area contributed by atoms with Crippen LogP contribution in [0.4, 0.5) is 0 Å². The number of hydrogen-bond donors (Lipinski definition) is 1. The monoisotopic (exact) mass is 231 g/mol. The topological polar surface area (TPSA) is 21.3 Å². The maximum Gasteiger partial charge on any atom is 0.119 e. The van der Waals surface area contributed by atoms with E-state index >= 15 is 0 Å². The third kappa shape index (κ3) is 3.74. The minimum absolute atomic E-state index is 0.503. The molecule has 2 nitrogen and oxygen atoms in total. The van der Waals surface area contributed by atoms with Crippen molar-refractivity contribution in [2.75, 3.05) is 6.54 Å². The summed E-state index contributed by atoms with van der Waals surface area (Å²) in [7, 11) is 0. The van der Waals surface area contributed by atoms with E-state index in [1.165, 1.54) is 44.1 Å². The minimum atomic E-state index is 0.503. The van der Waals surface area contributed by atoms with Crippen LogP contribution in [-0.2, 0) is 6.42 Å². The first-order valence-electron chi connectivity index (χ1n) is 6.89. The fourth-order valence-electron chi connectivity index (χ4n) is 2.00. The molecule has 92 valence electrons. The standard InChI is InChI=1S/C15H21NO/c1(11-16-13-5-6-13)2-12-3-7-14(8-4-12)17-15-9-10-15/h3-4,7-8,13,15-16H,1-2,5-6,9-11H2. The largest absolute Gasteiger partial charge is 0.490 e. The molecule has 0 amide bonds. The second-order valence-electron chi connectivity index (χ2n) is 5.29. The summed E-state index contributed by atoms with van der Waals surface area (Å²) in [5, 5.41) is 3.55. The Kier molecular flexibility index (Phi) is 3.32. The summed E-state index contributed by atoms with van der Waals surface area (Å²) in [5.74, 6) is 1.03. The van der Waals surface area contributed by atoms with Crippen LogP contribution in [0.15, 0.2) is 24.3 Å². The quantitative estimate of drug-likeness (QED) is 0.729. The van der Waals surface area contributed by atoms with Crippen LogP contribution in [0.1, 0.15) is 37.7 Å². The summed E-state index contributed by atoms with van der Waals surface area (Å²) in [6.07, 6.45) is 8.13. The molecule has 17 heavy (non-hydrogen) atoms. The number of nitrogens with one attached hydrogen (secondary N) is 1. The van der Waals surface area contributed by atoms with Crippen LogP contribution in [0, 0.1) is 0 Å². The Morgan fingerprint density at radius 2 is 1.82 bits per heavy atom. The van der Waals surface area contributed by atoms with Gasteiger partial charge in [0.1, 0.15) is 5.75 Å². The zero-order valence-corrected chi connectivity index (χ0v) is 10.3. The highest BCUT2D eigenvalue weighted by Gasteiger charge is 2.23. The Morgan fingerprint density at radius 3 is 2.47 bits per heavy atom. The Bertz CT molecular complexity index is 352. The van der Waals surface area contributed by atoms with Crippen LogP contribution in [0.5, 0.6) is 5.75 Å². The van der Waals surface area contributed by atoms with Crippen molar-refractivity contribution in [3.05, 3.63) is 29.8 Å². The fourth-order valence-corrected chi connectivity index (χ4v) is 2.00. The first-order chi connectivity index (χ1) is 8.40. The van der Waals surface area contributed by atoms with Crippen molar-refractivity contribution in [1.82, 2.24) is 5.32 Å². The molecule has 2 aliphatic rings. The van der Waals surface area contributed by atoms with Crippen LogP contribution in [0.3, 0.4) is 0 Å². The molecule has 0 atom stereocenters. The van der Waals surface area contributed by atoms with Gasteiger partial charge in [0.05, 0.1) is 6.10 Å². The van der Waals surface area contributed by atoms with Gasteiger partial charge in [-0.1, -0.05) is 12.1 Å². The van der Waals surface area contributed by atoms with E-state index in [1.807, 2.05) is 0 Å². The lowest BCUT2D eigenvalue weighted by atomic mass is 10.1. The number of ether oxygens (including phenoxy) is 1. The summed E-state index contributed by atoms with van der Waals surface area (Å²) in [6.45, 7) is 1.16. The molecular weight excluding hydrogens is 210 g/mol. The molecule has 0 heterocycles. The molecule has 0 saturated heterocycles. The SMILES string of the molecule is c1cc(OC2CC2)ccc1CCCNC1CC1. The van der Waals surface area contributed by atoms with Gasteiger partial charge < -0.3 is 10.1 Å². The third-order valence-electron chi connectivity index (χ3n) is 3.40. The third-order valence-corrected chi connectivity index (χ3v) is 3.40. The van der Waals surface area contributed by atoms with E-state index in [0.29, 0.717) is 6.10 Å². The lowest BCUT2D eigenvalue weighted by Crippen LogP contribution is -2.17. The molecule has 0 radical (unpaired) electrons. The van der Waals surface area contributed by atoms with Crippen LogP contribution in [0.25, 0.3) is 0 Å². The predicted octanol–water partition coefficient (Wildman–Crippen LogP) is 2.91. The molecule has 1 N–H and O–H groups in total. The van der Waals surface area contributed by atoms with Crippen molar-refractivity contribution in [3.8, 4) is 5.75 Å². The molecule has 0 unspecified atom stereocenters. The van der Waals surface area contributed by atoms with Gasteiger partial charge >= 0.3 is 0 Å². The van der Waals surface area contributed by atoms with Crippen LogP contribution in [0.2, 0.25) is 0 Å². The molecule has 2 saturated carbocycles. The average Bonchev–Trinajstić information content (AvgIpc) is 3.22. The summed E-state index contributed by atoms with van der Waals surface area (Å²) in [5.41, 5.74) is 1.42. The van der Waals surface area contributed by atoms with Crippen LogP contribution >= 0.6 is 0 Å². The molecule has 1 aromatic rings. The maximum absolute atomic E-state index is 5.73. The van der Waals surface area contributed by atoms with Gasteiger partial charge in [-0.05, 0) is 62.8 Å². The van der Waals surface area contributed by atoms with Crippen molar-refractivity contribution < 1.29 is 4.74 Å². The predicted molar refractivity (Wildman–Crippen MR) is 69.4 cm³/mol. The van der Waals surface area contributed by atoms with Gasteiger partial charge in [0.2, 0.25) is 0 Å².